The van der Waals surface area contributed by atoms with Crippen LogP contribution in [0.3, 0.4) is 0 Å². The highest BCUT2D eigenvalue weighted by Crippen LogP contribution is 2.33. The lowest BCUT2D eigenvalue weighted by Gasteiger charge is -2.11. The molecule has 2 N–H and O–H groups in total. The Bertz CT molecular complexity index is 1120. The molecule has 3 aromatic carbocycles. The van der Waals surface area contributed by atoms with Gasteiger partial charge in [0.15, 0.2) is 6.61 Å². The van der Waals surface area contributed by atoms with E-state index >= 15 is 0 Å². The molecule has 0 spiro atoms. The van der Waals surface area contributed by atoms with E-state index in [9.17, 15) is 14.4 Å². The summed E-state index contributed by atoms with van der Waals surface area (Å²) in [6.07, 6.45) is 0. The molecule has 0 bridgehead atoms. The summed E-state index contributed by atoms with van der Waals surface area (Å²) < 4.78 is 10.00. The summed E-state index contributed by atoms with van der Waals surface area (Å²) in [5.74, 6) is -1.04. The van der Waals surface area contributed by atoms with E-state index in [0.717, 1.165) is 9.79 Å². The van der Waals surface area contributed by atoms with E-state index < -0.39 is 24.4 Å². The smallest absolute Gasteiger partial charge is 0.325 e. The van der Waals surface area contributed by atoms with E-state index in [4.69, 9.17) is 21.1 Å². The number of esters is 1. The van der Waals surface area contributed by atoms with Gasteiger partial charge in [-0.1, -0.05) is 35.5 Å². The molecular weight excluding hydrogens is 464 g/mol. The normalized spacial score (nSPS) is 10.2. The summed E-state index contributed by atoms with van der Waals surface area (Å²) in [4.78, 5) is 38.1. The van der Waals surface area contributed by atoms with Gasteiger partial charge in [-0.05, 0) is 60.7 Å². The largest absolute Gasteiger partial charge is 0.497 e. The molecule has 0 aromatic heterocycles. The number of rotatable bonds is 9. The molecule has 0 saturated carbocycles. The van der Waals surface area contributed by atoms with Gasteiger partial charge >= 0.3 is 5.97 Å². The third-order valence-corrected chi connectivity index (χ3v) is 5.65. The number of carbonyl (C=O) groups excluding carboxylic acids is 3. The average molecular weight is 485 g/mol. The van der Waals surface area contributed by atoms with E-state index in [2.05, 4.69) is 10.6 Å². The fraction of sp³-hybridized carbons (Fsp3) is 0.125. The Morgan fingerprint density at radius 1 is 0.939 bits per heavy atom. The Morgan fingerprint density at radius 3 is 2.33 bits per heavy atom. The Balaban J connectivity index is 1.46. The van der Waals surface area contributed by atoms with Crippen LogP contribution in [0, 0.1) is 0 Å². The first-order valence-corrected chi connectivity index (χ1v) is 11.0. The van der Waals surface area contributed by atoms with Crippen LogP contribution < -0.4 is 15.4 Å². The number of anilines is 1. The predicted octanol–water partition coefficient (Wildman–Crippen LogP) is 4.41. The maximum Gasteiger partial charge on any atom is 0.325 e. The number of methoxy groups -OCH3 is 1. The van der Waals surface area contributed by atoms with E-state index in [-0.39, 0.29) is 6.54 Å². The average Bonchev–Trinajstić information content (AvgIpc) is 2.84. The van der Waals surface area contributed by atoms with E-state index in [1.165, 1.54) is 18.9 Å². The van der Waals surface area contributed by atoms with E-state index in [1.54, 1.807) is 48.5 Å². The summed E-state index contributed by atoms with van der Waals surface area (Å²) >= 11 is 7.39. The number of hydrogen-bond acceptors (Lipinski definition) is 6. The molecule has 0 saturated heterocycles. The first-order valence-electron chi connectivity index (χ1n) is 9.85. The van der Waals surface area contributed by atoms with Crippen LogP contribution in [0.5, 0.6) is 5.75 Å². The van der Waals surface area contributed by atoms with Crippen molar-refractivity contribution in [1.82, 2.24) is 5.32 Å². The van der Waals surface area contributed by atoms with Gasteiger partial charge in [0.1, 0.15) is 12.3 Å². The molecule has 0 unspecified atom stereocenters. The van der Waals surface area contributed by atoms with Gasteiger partial charge in [-0.2, -0.15) is 0 Å². The Kier molecular flexibility index (Phi) is 8.74. The minimum atomic E-state index is -0.726. The topological polar surface area (TPSA) is 93.7 Å². The molecule has 0 radical (unpaired) electrons. The maximum absolute atomic E-state index is 12.3. The minimum absolute atomic E-state index is 0.360. The lowest BCUT2D eigenvalue weighted by atomic mass is 10.2. The van der Waals surface area contributed by atoms with Gasteiger partial charge < -0.3 is 20.1 Å². The number of amides is 2. The van der Waals surface area contributed by atoms with Crippen molar-refractivity contribution in [2.45, 2.75) is 9.79 Å². The van der Waals surface area contributed by atoms with Gasteiger partial charge in [-0.25, -0.2) is 0 Å². The van der Waals surface area contributed by atoms with E-state index in [1.807, 2.05) is 24.3 Å². The standard InChI is InChI=1S/C24H21ClN2O5S/c1-31-18-10-6-16(7-11-18)24(30)26-14-23(29)32-15-22(28)27-20-4-2-3-5-21(20)33-19-12-8-17(25)9-13-19/h2-13H,14-15H2,1H3,(H,26,30)(H,27,28). The lowest BCUT2D eigenvalue weighted by Crippen LogP contribution is -2.32. The van der Waals surface area contributed by atoms with Gasteiger partial charge in [0.25, 0.3) is 11.8 Å². The van der Waals surface area contributed by atoms with Gasteiger partial charge in [0.05, 0.1) is 12.8 Å². The van der Waals surface area contributed by atoms with Crippen molar-refractivity contribution in [2.24, 2.45) is 0 Å². The molecule has 3 aromatic rings. The highest BCUT2D eigenvalue weighted by molar-refractivity contribution is 7.99. The van der Waals surface area contributed by atoms with Crippen LogP contribution in [0.4, 0.5) is 5.69 Å². The molecular formula is C24H21ClN2O5S. The molecule has 0 aliphatic rings. The van der Waals surface area contributed by atoms with Crippen LogP contribution in [0.15, 0.2) is 82.6 Å². The Labute approximate surface area is 200 Å². The molecule has 0 heterocycles. The molecule has 7 nitrogen and oxygen atoms in total. The van der Waals surface area contributed by atoms with Crippen LogP contribution in [0.25, 0.3) is 0 Å². The summed E-state index contributed by atoms with van der Waals surface area (Å²) in [5, 5.41) is 5.83. The number of carbonyl (C=O) groups is 3. The van der Waals surface area contributed by atoms with Crippen molar-refractivity contribution in [3.05, 3.63) is 83.4 Å². The van der Waals surface area contributed by atoms with Crippen molar-refractivity contribution in [1.29, 1.82) is 0 Å². The van der Waals surface area contributed by atoms with Gasteiger partial charge in [0, 0.05) is 20.4 Å². The van der Waals surface area contributed by atoms with Crippen molar-refractivity contribution in [3.8, 4) is 5.75 Å². The first-order chi connectivity index (χ1) is 15.9. The number of hydrogen-bond donors (Lipinski definition) is 2. The third kappa shape index (κ3) is 7.55. The lowest BCUT2D eigenvalue weighted by molar-refractivity contribution is -0.146. The first kappa shape index (κ1) is 24.2. The highest BCUT2D eigenvalue weighted by Gasteiger charge is 2.13. The number of halogens is 1. The number of ether oxygens (including phenoxy) is 2. The molecule has 0 fully saturated rings. The molecule has 170 valence electrons. The second-order valence-corrected chi connectivity index (χ2v) is 8.22. The molecule has 33 heavy (non-hydrogen) atoms. The summed E-state index contributed by atoms with van der Waals surface area (Å²) in [6, 6.07) is 21.1. The monoisotopic (exact) mass is 484 g/mol. The third-order valence-electron chi connectivity index (χ3n) is 4.31. The zero-order valence-electron chi connectivity index (χ0n) is 17.7. The highest BCUT2D eigenvalue weighted by atomic mass is 35.5. The Morgan fingerprint density at radius 2 is 1.64 bits per heavy atom. The zero-order valence-corrected chi connectivity index (χ0v) is 19.2. The molecule has 0 atom stereocenters. The predicted molar refractivity (Wildman–Crippen MR) is 127 cm³/mol. The minimum Gasteiger partial charge on any atom is -0.497 e. The van der Waals surface area contributed by atoms with Gasteiger partial charge in [0.2, 0.25) is 0 Å². The zero-order chi connectivity index (χ0) is 23.6. The van der Waals surface area contributed by atoms with E-state index in [0.29, 0.717) is 22.0 Å². The number of para-hydroxylation sites is 1. The number of nitrogens with one attached hydrogen (secondary N) is 2. The van der Waals surface area contributed by atoms with Crippen molar-refractivity contribution < 1.29 is 23.9 Å². The van der Waals surface area contributed by atoms with Crippen molar-refractivity contribution >= 4 is 46.8 Å². The van der Waals surface area contributed by atoms with Crippen LogP contribution in [0.1, 0.15) is 10.4 Å². The molecule has 9 heteroatoms. The quantitative estimate of drug-likeness (QED) is 0.437. The molecule has 0 aliphatic heterocycles. The van der Waals surface area contributed by atoms with Crippen LogP contribution in [0.2, 0.25) is 5.02 Å². The Hall–Kier alpha value is -3.49. The summed E-state index contributed by atoms with van der Waals surface area (Å²) in [6.45, 7) is -0.835. The second-order valence-electron chi connectivity index (χ2n) is 6.67. The maximum atomic E-state index is 12.3. The van der Waals surface area contributed by atoms with Gasteiger partial charge in [-0.15, -0.1) is 0 Å². The molecule has 3 rings (SSSR count). The van der Waals surface area contributed by atoms with Gasteiger partial charge in [-0.3, -0.25) is 14.4 Å². The van der Waals surface area contributed by atoms with Crippen molar-refractivity contribution in [2.75, 3.05) is 25.6 Å². The summed E-state index contributed by atoms with van der Waals surface area (Å²) in [5.41, 5.74) is 0.961. The summed E-state index contributed by atoms with van der Waals surface area (Å²) in [7, 11) is 1.53. The fourth-order valence-electron chi connectivity index (χ4n) is 2.67. The second kappa shape index (κ2) is 11.9. The van der Waals surface area contributed by atoms with Crippen LogP contribution in [-0.4, -0.2) is 38.0 Å². The molecule has 0 aliphatic carbocycles. The van der Waals surface area contributed by atoms with Crippen molar-refractivity contribution in [3.63, 3.8) is 0 Å². The van der Waals surface area contributed by atoms with Crippen LogP contribution >= 0.6 is 23.4 Å². The molecule has 2 amide bonds. The van der Waals surface area contributed by atoms with Crippen LogP contribution in [-0.2, 0) is 14.3 Å². The SMILES string of the molecule is COc1ccc(C(=O)NCC(=O)OCC(=O)Nc2ccccc2Sc2ccc(Cl)cc2)cc1. The fourth-order valence-corrected chi connectivity index (χ4v) is 3.70. The number of benzene rings is 3.